The second kappa shape index (κ2) is 7.38. The fourth-order valence-electron chi connectivity index (χ4n) is 5.84. The van der Waals surface area contributed by atoms with E-state index >= 15 is 0 Å². The number of hydrogen-bond donors (Lipinski definition) is 3. The Bertz CT molecular complexity index is 1250. The molecule has 4 aromatic rings. The maximum atomic E-state index is 6.06. The summed E-state index contributed by atoms with van der Waals surface area (Å²) in [7, 11) is 0. The minimum atomic E-state index is 0.486. The lowest BCUT2D eigenvalue weighted by Gasteiger charge is -2.41. The lowest BCUT2D eigenvalue weighted by Crippen LogP contribution is -2.41. The number of nitrogens with zero attached hydrogens (tertiary/aromatic N) is 3. The predicted molar refractivity (Wildman–Crippen MR) is 126 cm³/mol. The third kappa shape index (κ3) is 3.49. The summed E-state index contributed by atoms with van der Waals surface area (Å²) in [5.41, 5.74) is 12.2. The van der Waals surface area contributed by atoms with E-state index in [2.05, 4.69) is 49.1 Å². The van der Waals surface area contributed by atoms with E-state index in [1.165, 1.54) is 56.1 Å². The molecule has 0 radical (unpaired) electrons. The zero-order valence-corrected chi connectivity index (χ0v) is 18.1. The van der Waals surface area contributed by atoms with Crippen molar-refractivity contribution >= 4 is 27.9 Å². The Kier molecular flexibility index (Phi) is 4.49. The summed E-state index contributed by atoms with van der Waals surface area (Å²) in [6.07, 6.45) is 7.14. The van der Waals surface area contributed by atoms with E-state index in [0.29, 0.717) is 11.5 Å². The van der Waals surface area contributed by atoms with Crippen LogP contribution >= 0.6 is 0 Å². The number of nitrogen functional groups attached to an aromatic ring is 1. The van der Waals surface area contributed by atoms with Gasteiger partial charge in [0.05, 0.1) is 5.52 Å². The number of hydrogen-bond acceptors (Lipinski definition) is 4. The zero-order valence-electron chi connectivity index (χ0n) is 18.1. The predicted octanol–water partition coefficient (Wildman–Crippen LogP) is 5.01. The average Bonchev–Trinajstić information content (AvgIpc) is 3.35. The Morgan fingerprint density at radius 1 is 1.03 bits per heavy atom. The number of aromatic amines is 2. The first kappa shape index (κ1) is 18.9. The van der Waals surface area contributed by atoms with Crippen LogP contribution in [-0.2, 0) is 6.54 Å². The second-order valence-corrected chi connectivity index (χ2v) is 9.55. The maximum Gasteiger partial charge on any atom is 0.180 e. The Labute approximate surface area is 182 Å². The molecule has 4 heterocycles. The molecular formula is C25H30N6. The minimum absolute atomic E-state index is 0.486. The molecule has 6 heteroatoms. The van der Waals surface area contributed by atoms with E-state index < -0.39 is 0 Å². The molecule has 0 bridgehead atoms. The first-order valence-corrected chi connectivity index (χ1v) is 11.6. The molecule has 0 spiro atoms. The molecule has 2 atom stereocenters. The fourth-order valence-corrected chi connectivity index (χ4v) is 5.84. The smallest absolute Gasteiger partial charge is 0.180 e. The Morgan fingerprint density at radius 3 is 2.81 bits per heavy atom. The Balaban J connectivity index is 1.28. The molecule has 1 unspecified atom stereocenters. The van der Waals surface area contributed by atoms with Gasteiger partial charge in [-0.05, 0) is 68.0 Å². The molecule has 1 saturated heterocycles. The molecule has 1 aromatic carbocycles. The van der Waals surface area contributed by atoms with Crippen molar-refractivity contribution in [2.75, 3.05) is 18.8 Å². The Hall–Kier alpha value is -2.86. The highest BCUT2D eigenvalue weighted by Gasteiger charge is 2.30. The molecule has 1 saturated carbocycles. The van der Waals surface area contributed by atoms with Gasteiger partial charge < -0.3 is 15.7 Å². The normalized spacial score (nSPS) is 22.2. The molecule has 6 nitrogen and oxygen atoms in total. The maximum absolute atomic E-state index is 6.06. The SMILES string of the molecule is Cc1nc2nc(N)cc(-c3cc4cc(CN5CCC6CCCC[C@H]6C5)ccc4[nH]3)c2[nH]1. The largest absolute Gasteiger partial charge is 0.384 e. The van der Waals surface area contributed by atoms with Gasteiger partial charge in [0.2, 0.25) is 0 Å². The number of aromatic nitrogens is 4. The lowest BCUT2D eigenvalue weighted by molar-refractivity contribution is 0.0821. The minimum Gasteiger partial charge on any atom is -0.384 e. The second-order valence-electron chi connectivity index (χ2n) is 9.55. The zero-order chi connectivity index (χ0) is 20.9. The standard InChI is InChI=1S/C25H30N6/c1-15-27-24-20(12-23(26)30-25(24)28-15)22-11-19-10-16(6-7-21(19)29-22)13-31-9-8-17-4-2-3-5-18(17)14-31/h6-7,10-12,17-18,29H,2-5,8-9,13-14H2,1H3,(H3,26,27,28,30)/t17?,18-/m0/s1. The lowest BCUT2D eigenvalue weighted by atomic mass is 9.75. The molecule has 1 aliphatic heterocycles. The third-order valence-corrected chi connectivity index (χ3v) is 7.36. The summed E-state index contributed by atoms with van der Waals surface area (Å²) < 4.78 is 0. The summed E-state index contributed by atoms with van der Waals surface area (Å²) in [4.78, 5) is 18.4. The van der Waals surface area contributed by atoms with Crippen molar-refractivity contribution < 1.29 is 0 Å². The van der Waals surface area contributed by atoms with E-state index in [1.54, 1.807) is 0 Å². The van der Waals surface area contributed by atoms with Crippen molar-refractivity contribution in [1.82, 2.24) is 24.8 Å². The van der Waals surface area contributed by atoms with Gasteiger partial charge in [-0.15, -0.1) is 0 Å². The van der Waals surface area contributed by atoms with Gasteiger partial charge in [-0.2, -0.15) is 0 Å². The van der Waals surface area contributed by atoms with Crippen LogP contribution in [-0.4, -0.2) is 37.9 Å². The van der Waals surface area contributed by atoms with Crippen LogP contribution in [0.15, 0.2) is 30.3 Å². The van der Waals surface area contributed by atoms with E-state index in [0.717, 1.165) is 46.5 Å². The van der Waals surface area contributed by atoms with Gasteiger partial charge in [0, 0.05) is 35.2 Å². The van der Waals surface area contributed by atoms with Gasteiger partial charge >= 0.3 is 0 Å². The molecule has 31 heavy (non-hydrogen) atoms. The molecule has 2 aliphatic rings. The van der Waals surface area contributed by atoms with Gasteiger partial charge in [-0.1, -0.05) is 25.3 Å². The average molecular weight is 415 g/mol. The van der Waals surface area contributed by atoms with Crippen LogP contribution in [0.2, 0.25) is 0 Å². The monoisotopic (exact) mass is 414 g/mol. The molecule has 4 N–H and O–H groups in total. The summed E-state index contributed by atoms with van der Waals surface area (Å²) in [6.45, 7) is 5.50. The highest BCUT2D eigenvalue weighted by molar-refractivity contribution is 5.95. The van der Waals surface area contributed by atoms with E-state index in [4.69, 9.17) is 5.73 Å². The first-order valence-electron chi connectivity index (χ1n) is 11.6. The number of aryl methyl sites for hydroxylation is 1. The van der Waals surface area contributed by atoms with Gasteiger partial charge in [-0.25, -0.2) is 9.97 Å². The van der Waals surface area contributed by atoms with Crippen LogP contribution in [0.1, 0.15) is 43.5 Å². The van der Waals surface area contributed by atoms with Gasteiger partial charge in [-0.3, -0.25) is 4.90 Å². The number of imidazole rings is 1. The number of nitrogens with one attached hydrogen (secondary N) is 2. The fraction of sp³-hybridized carbons (Fsp3) is 0.440. The van der Waals surface area contributed by atoms with Crippen LogP contribution in [0.25, 0.3) is 33.3 Å². The molecule has 3 aromatic heterocycles. The quantitative estimate of drug-likeness (QED) is 0.440. The van der Waals surface area contributed by atoms with Crippen molar-refractivity contribution in [3.63, 3.8) is 0 Å². The molecule has 2 fully saturated rings. The molecular weight excluding hydrogens is 384 g/mol. The molecule has 6 rings (SSSR count). The molecule has 1 aliphatic carbocycles. The number of likely N-dealkylation sites (tertiary alicyclic amines) is 1. The Morgan fingerprint density at radius 2 is 1.90 bits per heavy atom. The van der Waals surface area contributed by atoms with Gasteiger partial charge in [0.25, 0.3) is 0 Å². The van der Waals surface area contributed by atoms with Crippen molar-refractivity contribution in [3.05, 3.63) is 41.7 Å². The van der Waals surface area contributed by atoms with Crippen molar-refractivity contribution in [2.24, 2.45) is 11.8 Å². The van der Waals surface area contributed by atoms with Crippen LogP contribution in [0.4, 0.5) is 5.82 Å². The number of rotatable bonds is 3. The highest BCUT2D eigenvalue weighted by Crippen LogP contribution is 2.37. The first-order chi connectivity index (χ1) is 15.1. The molecule has 160 valence electrons. The van der Waals surface area contributed by atoms with E-state index in [9.17, 15) is 0 Å². The van der Waals surface area contributed by atoms with Gasteiger partial charge in [0.15, 0.2) is 5.65 Å². The van der Waals surface area contributed by atoms with Crippen molar-refractivity contribution in [2.45, 2.75) is 45.6 Å². The number of piperidine rings is 1. The van der Waals surface area contributed by atoms with Crippen LogP contribution in [0, 0.1) is 18.8 Å². The van der Waals surface area contributed by atoms with Crippen molar-refractivity contribution in [1.29, 1.82) is 0 Å². The summed E-state index contributed by atoms with van der Waals surface area (Å²) >= 11 is 0. The summed E-state index contributed by atoms with van der Waals surface area (Å²) in [5, 5.41) is 1.24. The van der Waals surface area contributed by atoms with E-state index in [1.807, 2.05) is 13.0 Å². The number of fused-ring (bicyclic) bond motifs is 3. The van der Waals surface area contributed by atoms with Crippen LogP contribution in [0.3, 0.4) is 0 Å². The van der Waals surface area contributed by atoms with E-state index in [-0.39, 0.29) is 0 Å². The van der Waals surface area contributed by atoms with Gasteiger partial charge in [0.1, 0.15) is 11.6 Å². The summed E-state index contributed by atoms with van der Waals surface area (Å²) in [6, 6.07) is 11.0. The van der Waals surface area contributed by atoms with Crippen LogP contribution < -0.4 is 5.73 Å². The number of nitrogens with two attached hydrogens (primary N) is 1. The number of pyridine rings is 1. The summed E-state index contributed by atoms with van der Waals surface area (Å²) in [5.74, 6) is 3.23. The number of H-pyrrole nitrogens is 2. The number of benzene rings is 1. The van der Waals surface area contributed by atoms with Crippen molar-refractivity contribution in [3.8, 4) is 11.3 Å². The third-order valence-electron chi connectivity index (χ3n) is 7.36. The topological polar surface area (TPSA) is 86.6 Å². The number of anilines is 1. The highest BCUT2D eigenvalue weighted by atomic mass is 15.1. The van der Waals surface area contributed by atoms with Crippen LogP contribution in [0.5, 0.6) is 0 Å². The molecule has 0 amide bonds.